The predicted molar refractivity (Wildman–Crippen MR) is 119 cm³/mol. The number of alkyl halides is 2. The number of rotatable bonds is 5. The Hall–Kier alpha value is -0.290. The highest BCUT2D eigenvalue weighted by Gasteiger charge is 2.39. The summed E-state index contributed by atoms with van der Waals surface area (Å²) < 4.78 is 0. The second kappa shape index (κ2) is 10.6. The van der Waals surface area contributed by atoms with Gasteiger partial charge >= 0.3 is 0 Å². The van der Waals surface area contributed by atoms with E-state index in [-0.39, 0.29) is 40.0 Å². The van der Waals surface area contributed by atoms with E-state index < -0.39 is 6.04 Å². The summed E-state index contributed by atoms with van der Waals surface area (Å²) in [6.07, 6.45) is 8.60. The maximum absolute atomic E-state index is 12.9. The summed E-state index contributed by atoms with van der Waals surface area (Å²) in [5, 5.41) is 8.29. The van der Waals surface area contributed by atoms with Crippen molar-refractivity contribution in [2.45, 2.75) is 92.2 Å². The van der Waals surface area contributed by atoms with Crippen LogP contribution in [0.15, 0.2) is 0 Å². The number of amides is 2. The lowest BCUT2D eigenvalue weighted by Crippen LogP contribution is -2.57. The lowest BCUT2D eigenvalue weighted by atomic mass is 9.88. The first-order chi connectivity index (χ1) is 14.5. The minimum Gasteiger partial charge on any atom is -0.341 e. The van der Waals surface area contributed by atoms with Gasteiger partial charge in [0.15, 0.2) is 0 Å². The van der Waals surface area contributed by atoms with Crippen LogP contribution in [-0.4, -0.2) is 57.7 Å². The summed E-state index contributed by atoms with van der Waals surface area (Å²) in [6.45, 7) is 0.895. The zero-order valence-corrected chi connectivity index (χ0v) is 19.4. The van der Waals surface area contributed by atoms with Gasteiger partial charge in [-0.25, -0.2) is 15.9 Å². The first-order valence-corrected chi connectivity index (χ1v) is 12.8. The Bertz CT molecular complexity index is 632. The van der Waals surface area contributed by atoms with Crippen molar-refractivity contribution in [2.75, 3.05) is 6.54 Å². The van der Waals surface area contributed by atoms with Gasteiger partial charge in [-0.05, 0) is 56.9 Å². The number of hydrogen-bond acceptors (Lipinski definition) is 7. The molecule has 11 heteroatoms. The monoisotopic (exact) mass is 478 g/mol. The SMILES string of the molecule is O=C(NC1SNNC1C(=O)NC1CCN(C2CCCC(Cl)C2)N1)C1CCCC(Cl)C1. The van der Waals surface area contributed by atoms with Gasteiger partial charge in [-0.1, -0.05) is 12.8 Å². The van der Waals surface area contributed by atoms with Gasteiger partial charge in [-0.3, -0.25) is 9.59 Å². The summed E-state index contributed by atoms with van der Waals surface area (Å²) in [7, 11) is 0. The van der Waals surface area contributed by atoms with Gasteiger partial charge in [0.25, 0.3) is 0 Å². The highest BCUT2D eigenvalue weighted by Crippen LogP contribution is 2.29. The van der Waals surface area contributed by atoms with Crippen molar-refractivity contribution in [3.63, 3.8) is 0 Å². The van der Waals surface area contributed by atoms with Crippen molar-refractivity contribution in [3.8, 4) is 0 Å². The van der Waals surface area contributed by atoms with Gasteiger partial charge in [0.2, 0.25) is 11.8 Å². The van der Waals surface area contributed by atoms with Gasteiger partial charge in [0.1, 0.15) is 11.4 Å². The Balaban J connectivity index is 1.25. The quantitative estimate of drug-likeness (QED) is 0.302. The van der Waals surface area contributed by atoms with Crippen LogP contribution >= 0.6 is 35.1 Å². The lowest BCUT2D eigenvalue weighted by molar-refractivity contribution is -0.127. The molecule has 4 rings (SSSR count). The second-order valence-corrected chi connectivity index (χ2v) is 11.0. The molecular weight excluding hydrogens is 447 g/mol. The normalized spacial score (nSPS) is 40.3. The molecule has 170 valence electrons. The molecule has 2 aliphatic carbocycles. The van der Waals surface area contributed by atoms with Crippen molar-refractivity contribution in [1.29, 1.82) is 0 Å². The number of hydrazine groups is 2. The molecule has 4 aliphatic rings. The van der Waals surface area contributed by atoms with Crippen LogP contribution in [0.5, 0.6) is 0 Å². The van der Waals surface area contributed by atoms with Crippen LogP contribution in [0.2, 0.25) is 0 Å². The third kappa shape index (κ3) is 5.74. The van der Waals surface area contributed by atoms with Crippen LogP contribution in [0, 0.1) is 5.92 Å². The lowest BCUT2D eigenvalue weighted by Gasteiger charge is -2.33. The van der Waals surface area contributed by atoms with Crippen molar-refractivity contribution in [2.24, 2.45) is 5.92 Å². The molecule has 0 aromatic carbocycles. The van der Waals surface area contributed by atoms with Crippen molar-refractivity contribution >= 4 is 47.0 Å². The number of nitrogens with one attached hydrogen (secondary N) is 5. The molecule has 2 saturated carbocycles. The zero-order valence-electron chi connectivity index (χ0n) is 17.0. The fraction of sp³-hybridized carbons (Fsp3) is 0.895. The van der Waals surface area contributed by atoms with Gasteiger partial charge in [0.05, 0.1) is 6.17 Å². The van der Waals surface area contributed by atoms with Gasteiger partial charge in [-0.15, -0.1) is 23.2 Å². The van der Waals surface area contributed by atoms with Crippen molar-refractivity contribution in [3.05, 3.63) is 0 Å². The van der Waals surface area contributed by atoms with Crippen LogP contribution in [0.3, 0.4) is 0 Å². The van der Waals surface area contributed by atoms with Crippen LogP contribution < -0.4 is 26.3 Å². The van der Waals surface area contributed by atoms with E-state index in [0.717, 1.165) is 57.9 Å². The van der Waals surface area contributed by atoms with E-state index in [1.54, 1.807) is 0 Å². The molecule has 0 aromatic heterocycles. The number of carbonyl (C=O) groups is 2. The molecule has 5 N–H and O–H groups in total. The summed E-state index contributed by atoms with van der Waals surface area (Å²) >= 11 is 13.9. The molecule has 4 fully saturated rings. The Kier molecular flexibility index (Phi) is 8.05. The Morgan fingerprint density at radius 1 is 0.933 bits per heavy atom. The molecule has 30 heavy (non-hydrogen) atoms. The van der Waals surface area contributed by atoms with E-state index in [0.29, 0.717) is 12.5 Å². The Morgan fingerprint density at radius 2 is 1.70 bits per heavy atom. The van der Waals surface area contributed by atoms with Crippen LogP contribution in [0.1, 0.15) is 57.8 Å². The summed E-state index contributed by atoms with van der Waals surface area (Å²) in [4.78, 5) is 28.5. The molecule has 7 unspecified atom stereocenters. The predicted octanol–water partition coefficient (Wildman–Crippen LogP) is 1.55. The Labute approximate surface area is 192 Å². The number of hydrogen-bond donors (Lipinski definition) is 5. The minimum absolute atomic E-state index is 0.0146. The average molecular weight is 479 g/mol. The maximum atomic E-state index is 12.9. The molecule has 0 radical (unpaired) electrons. The van der Waals surface area contributed by atoms with Gasteiger partial charge < -0.3 is 10.6 Å². The summed E-state index contributed by atoms with van der Waals surface area (Å²) in [6, 6.07) is -0.106. The van der Waals surface area contributed by atoms with Crippen LogP contribution in [0.4, 0.5) is 0 Å². The molecule has 0 aromatic rings. The first kappa shape index (κ1) is 22.9. The van der Waals surface area contributed by atoms with E-state index in [2.05, 4.69) is 31.3 Å². The maximum Gasteiger partial charge on any atom is 0.242 e. The fourth-order valence-corrected chi connectivity index (χ4v) is 6.44. The molecule has 2 saturated heterocycles. The molecule has 0 spiro atoms. The van der Waals surface area contributed by atoms with E-state index in [1.807, 2.05) is 0 Å². The van der Waals surface area contributed by atoms with E-state index >= 15 is 0 Å². The topological polar surface area (TPSA) is 97.5 Å². The van der Waals surface area contributed by atoms with Gasteiger partial charge in [-0.2, -0.15) is 4.83 Å². The van der Waals surface area contributed by atoms with Crippen molar-refractivity contribution in [1.82, 2.24) is 31.3 Å². The molecule has 2 aliphatic heterocycles. The van der Waals surface area contributed by atoms with E-state index in [9.17, 15) is 9.59 Å². The summed E-state index contributed by atoms with van der Waals surface area (Å²) in [5.41, 5.74) is 6.41. The van der Waals surface area contributed by atoms with E-state index in [1.165, 1.54) is 11.9 Å². The molecule has 2 amide bonds. The van der Waals surface area contributed by atoms with Crippen LogP contribution in [-0.2, 0) is 9.59 Å². The molecule has 7 atom stereocenters. The molecule has 0 bridgehead atoms. The zero-order chi connectivity index (χ0) is 21.1. The third-order valence-electron chi connectivity index (χ3n) is 6.57. The van der Waals surface area contributed by atoms with Crippen LogP contribution in [0.25, 0.3) is 0 Å². The average Bonchev–Trinajstić information content (AvgIpc) is 3.37. The standard InChI is InChI=1S/C19H32Cl2N6O2S/c20-12-4-1-3-11(9-12)17(28)23-19-16(24-26-30-19)18(29)22-15-7-8-27(25-15)14-6-2-5-13(21)10-14/h11-16,19,24-26H,1-10H2,(H,22,29)(H,23,28). The number of halogens is 2. The van der Waals surface area contributed by atoms with Gasteiger partial charge in [0, 0.05) is 29.3 Å². The minimum atomic E-state index is -0.535. The largest absolute Gasteiger partial charge is 0.341 e. The molecule has 8 nitrogen and oxygen atoms in total. The second-order valence-electron chi connectivity index (χ2n) is 8.82. The highest BCUT2D eigenvalue weighted by molar-refractivity contribution is 7.98. The number of carbonyl (C=O) groups excluding carboxylic acids is 2. The molecule has 2 heterocycles. The van der Waals surface area contributed by atoms with E-state index in [4.69, 9.17) is 23.2 Å². The van der Waals surface area contributed by atoms with Crippen molar-refractivity contribution < 1.29 is 9.59 Å². The Morgan fingerprint density at radius 3 is 2.47 bits per heavy atom. The highest BCUT2D eigenvalue weighted by atomic mass is 35.5. The summed E-state index contributed by atoms with van der Waals surface area (Å²) in [5.74, 6) is -0.216. The smallest absolute Gasteiger partial charge is 0.242 e. The fourth-order valence-electron chi connectivity index (χ4n) is 4.89. The third-order valence-corrected chi connectivity index (χ3v) is 8.24. The molecular formula is C19H32Cl2N6O2S. The first-order valence-electron chi connectivity index (χ1n) is 11.1. The number of nitrogens with zero attached hydrogens (tertiary/aromatic N) is 1.